The summed E-state index contributed by atoms with van der Waals surface area (Å²) in [6.07, 6.45) is 8.50. The fourth-order valence-corrected chi connectivity index (χ4v) is 3.88. The number of anilines is 1. The van der Waals surface area contributed by atoms with Gasteiger partial charge in [0.25, 0.3) is 0 Å². The summed E-state index contributed by atoms with van der Waals surface area (Å²) in [6.45, 7) is 0. The van der Waals surface area contributed by atoms with Gasteiger partial charge in [-0.1, -0.05) is 12.1 Å². The summed E-state index contributed by atoms with van der Waals surface area (Å²) in [6, 6.07) is 10.4. The van der Waals surface area contributed by atoms with Crippen LogP contribution in [0.3, 0.4) is 0 Å². The topological polar surface area (TPSA) is 46.0 Å². The average molecular weight is 283 g/mol. The quantitative estimate of drug-likeness (QED) is 0.939. The molecule has 1 N–H and O–H groups in total. The van der Waals surface area contributed by atoms with Gasteiger partial charge < -0.3 is 10.2 Å². The molecule has 5 heteroatoms. The minimum Gasteiger partial charge on any atom is -0.380 e. The molecule has 2 fully saturated rings. The molecule has 110 valence electrons. The minimum absolute atomic E-state index is 0.559. The zero-order valence-corrected chi connectivity index (χ0v) is 12.3. The van der Waals surface area contributed by atoms with Gasteiger partial charge in [-0.3, -0.25) is 0 Å². The van der Waals surface area contributed by atoms with E-state index in [1.807, 2.05) is 10.7 Å². The van der Waals surface area contributed by atoms with Gasteiger partial charge in [0, 0.05) is 18.1 Å². The molecule has 2 aliphatic heterocycles. The van der Waals surface area contributed by atoms with E-state index in [1.54, 1.807) is 12.7 Å². The van der Waals surface area contributed by atoms with Gasteiger partial charge in [0.05, 0.1) is 11.4 Å². The number of benzene rings is 1. The summed E-state index contributed by atoms with van der Waals surface area (Å²) in [4.78, 5) is 6.62. The van der Waals surface area contributed by atoms with Gasteiger partial charge in [-0.05, 0) is 44.9 Å². The molecule has 1 aromatic heterocycles. The Kier molecular flexibility index (Phi) is 3.15. The largest absolute Gasteiger partial charge is 0.380 e. The van der Waals surface area contributed by atoms with E-state index in [4.69, 9.17) is 0 Å². The third-order valence-corrected chi connectivity index (χ3v) is 5.03. The number of hydrogen-bond donors (Lipinski definition) is 1. The average Bonchev–Trinajstić information content (AvgIpc) is 3.08. The number of nitrogens with one attached hydrogen (secondary N) is 1. The van der Waals surface area contributed by atoms with Crippen molar-refractivity contribution in [1.82, 2.24) is 19.7 Å². The van der Waals surface area contributed by atoms with Crippen LogP contribution in [0.4, 0.5) is 5.69 Å². The van der Waals surface area contributed by atoms with Crippen molar-refractivity contribution in [2.45, 2.75) is 43.8 Å². The normalized spacial score (nSPS) is 28.7. The monoisotopic (exact) mass is 283 g/mol. The third-order valence-electron chi connectivity index (χ3n) is 5.03. The van der Waals surface area contributed by atoms with Crippen LogP contribution in [0.2, 0.25) is 0 Å². The molecule has 2 bridgehead atoms. The maximum absolute atomic E-state index is 4.25. The second-order valence-corrected chi connectivity index (χ2v) is 6.22. The van der Waals surface area contributed by atoms with E-state index in [9.17, 15) is 0 Å². The highest BCUT2D eigenvalue weighted by Gasteiger charge is 2.38. The van der Waals surface area contributed by atoms with Crippen LogP contribution < -0.4 is 5.32 Å². The lowest BCUT2D eigenvalue weighted by molar-refractivity contribution is 0.169. The predicted molar refractivity (Wildman–Crippen MR) is 82.6 cm³/mol. The second-order valence-electron chi connectivity index (χ2n) is 6.22. The van der Waals surface area contributed by atoms with Gasteiger partial charge in [0.1, 0.15) is 12.7 Å². The molecule has 2 saturated heterocycles. The van der Waals surface area contributed by atoms with Crippen LogP contribution in [-0.4, -0.2) is 44.8 Å². The SMILES string of the molecule is CN1C2CCC1CC(Nc1ccccc1-n1cncn1)C2. The first-order chi connectivity index (χ1) is 10.3. The van der Waals surface area contributed by atoms with Crippen LogP contribution in [0.25, 0.3) is 5.69 Å². The molecule has 0 aliphatic carbocycles. The fraction of sp³-hybridized carbons (Fsp3) is 0.500. The maximum atomic E-state index is 4.25. The molecule has 0 saturated carbocycles. The highest BCUT2D eigenvalue weighted by Crippen LogP contribution is 2.36. The molecule has 2 aliphatic rings. The Bertz CT molecular complexity index is 595. The van der Waals surface area contributed by atoms with E-state index in [-0.39, 0.29) is 0 Å². The van der Waals surface area contributed by atoms with Gasteiger partial charge >= 0.3 is 0 Å². The first-order valence-corrected chi connectivity index (χ1v) is 7.74. The van der Waals surface area contributed by atoms with Crippen LogP contribution >= 0.6 is 0 Å². The van der Waals surface area contributed by atoms with Crippen molar-refractivity contribution in [3.05, 3.63) is 36.9 Å². The molecular weight excluding hydrogens is 262 g/mol. The summed E-state index contributed by atoms with van der Waals surface area (Å²) in [5.74, 6) is 0. The van der Waals surface area contributed by atoms with E-state index in [1.165, 1.54) is 25.7 Å². The fourth-order valence-electron chi connectivity index (χ4n) is 3.88. The first-order valence-electron chi connectivity index (χ1n) is 7.74. The molecule has 0 radical (unpaired) electrons. The van der Waals surface area contributed by atoms with E-state index in [0.29, 0.717) is 6.04 Å². The lowest BCUT2D eigenvalue weighted by Gasteiger charge is -2.37. The van der Waals surface area contributed by atoms with E-state index >= 15 is 0 Å². The molecule has 2 aromatic rings. The zero-order chi connectivity index (χ0) is 14.2. The summed E-state index contributed by atoms with van der Waals surface area (Å²) in [5, 5.41) is 8.00. The van der Waals surface area contributed by atoms with Crippen LogP contribution in [0.5, 0.6) is 0 Å². The number of nitrogens with zero attached hydrogens (tertiary/aromatic N) is 4. The molecule has 1 aromatic carbocycles. The molecule has 2 unspecified atom stereocenters. The molecule has 4 rings (SSSR count). The van der Waals surface area contributed by atoms with Crippen molar-refractivity contribution in [3.63, 3.8) is 0 Å². The standard InChI is InChI=1S/C16H21N5/c1-20-13-6-7-14(20)9-12(8-13)19-15-4-2-3-5-16(15)21-11-17-10-18-21/h2-5,10-14,19H,6-9H2,1H3. The molecule has 21 heavy (non-hydrogen) atoms. The smallest absolute Gasteiger partial charge is 0.138 e. The Labute approximate surface area is 125 Å². The number of para-hydroxylation sites is 2. The van der Waals surface area contributed by atoms with E-state index < -0.39 is 0 Å². The van der Waals surface area contributed by atoms with Crippen molar-refractivity contribution in [2.75, 3.05) is 12.4 Å². The van der Waals surface area contributed by atoms with Crippen LogP contribution in [0.1, 0.15) is 25.7 Å². The lowest BCUT2D eigenvalue weighted by atomic mass is 9.97. The molecule has 5 nitrogen and oxygen atoms in total. The number of aromatic nitrogens is 3. The Morgan fingerprint density at radius 2 is 1.90 bits per heavy atom. The Balaban J connectivity index is 1.56. The first kappa shape index (κ1) is 12.8. The van der Waals surface area contributed by atoms with Gasteiger partial charge in [-0.25, -0.2) is 9.67 Å². The molecule has 0 amide bonds. The Hall–Kier alpha value is -1.88. The van der Waals surface area contributed by atoms with Crippen molar-refractivity contribution in [1.29, 1.82) is 0 Å². The molecule has 0 spiro atoms. The molecular formula is C16H21N5. The summed E-state index contributed by atoms with van der Waals surface area (Å²) in [7, 11) is 2.28. The highest BCUT2D eigenvalue weighted by molar-refractivity contribution is 5.61. The molecule has 2 atom stereocenters. The van der Waals surface area contributed by atoms with Crippen molar-refractivity contribution >= 4 is 5.69 Å². The zero-order valence-electron chi connectivity index (χ0n) is 12.3. The van der Waals surface area contributed by atoms with Gasteiger partial charge in [-0.15, -0.1) is 0 Å². The summed E-state index contributed by atoms with van der Waals surface area (Å²) >= 11 is 0. The van der Waals surface area contributed by atoms with E-state index in [2.05, 4.69) is 45.5 Å². The summed E-state index contributed by atoms with van der Waals surface area (Å²) < 4.78 is 1.83. The van der Waals surface area contributed by atoms with Crippen LogP contribution in [0.15, 0.2) is 36.9 Å². The van der Waals surface area contributed by atoms with Crippen LogP contribution in [-0.2, 0) is 0 Å². The Morgan fingerprint density at radius 1 is 1.14 bits per heavy atom. The van der Waals surface area contributed by atoms with E-state index in [0.717, 1.165) is 23.5 Å². The number of piperidine rings is 1. The van der Waals surface area contributed by atoms with Gasteiger partial charge in [0.15, 0.2) is 0 Å². The third kappa shape index (κ3) is 2.31. The molecule has 3 heterocycles. The van der Waals surface area contributed by atoms with Gasteiger partial charge in [0.2, 0.25) is 0 Å². The van der Waals surface area contributed by atoms with Crippen molar-refractivity contribution < 1.29 is 0 Å². The highest BCUT2D eigenvalue weighted by atomic mass is 15.3. The minimum atomic E-state index is 0.559. The van der Waals surface area contributed by atoms with Crippen molar-refractivity contribution in [3.8, 4) is 5.69 Å². The number of rotatable bonds is 3. The lowest BCUT2D eigenvalue weighted by Crippen LogP contribution is -2.44. The predicted octanol–water partition coefficient (Wildman–Crippen LogP) is 2.30. The van der Waals surface area contributed by atoms with Gasteiger partial charge in [-0.2, -0.15) is 5.10 Å². The number of fused-ring (bicyclic) bond motifs is 2. The Morgan fingerprint density at radius 3 is 2.62 bits per heavy atom. The second kappa shape index (κ2) is 5.15. The summed E-state index contributed by atoms with van der Waals surface area (Å²) in [5.41, 5.74) is 2.22. The van der Waals surface area contributed by atoms with Crippen molar-refractivity contribution in [2.24, 2.45) is 0 Å². The maximum Gasteiger partial charge on any atom is 0.138 e. The number of hydrogen-bond acceptors (Lipinski definition) is 4. The van der Waals surface area contributed by atoms with Crippen LogP contribution in [0, 0.1) is 0 Å².